The molecule has 1 N–H and O–H groups in total. The number of benzene rings is 4. The number of Topliss-reactive ketones (excluding diaryl/α,β-unsaturated/α-hetero) is 1. The molecule has 0 atom stereocenters. The summed E-state index contributed by atoms with van der Waals surface area (Å²) in [6, 6.07) is 27.3. The predicted molar refractivity (Wildman–Crippen MR) is 156 cm³/mol. The van der Waals surface area contributed by atoms with Crippen LogP contribution in [-0.4, -0.2) is 34.0 Å². The van der Waals surface area contributed by atoms with Crippen LogP contribution in [0.15, 0.2) is 101 Å². The molecule has 1 heterocycles. The maximum atomic E-state index is 13.5. The van der Waals surface area contributed by atoms with Crippen LogP contribution in [0, 0.1) is 0 Å². The minimum Gasteiger partial charge on any atom is -0.355 e. The van der Waals surface area contributed by atoms with E-state index in [2.05, 4.69) is 10.1 Å². The zero-order valence-electron chi connectivity index (χ0n) is 20.9. The largest absolute Gasteiger partial charge is 0.355 e. The van der Waals surface area contributed by atoms with E-state index < -0.39 is 5.97 Å². The number of hydrogen-bond acceptors (Lipinski definition) is 6. The number of fused-ring (bicyclic) bond motifs is 3. The molecule has 0 aliphatic carbocycles. The smallest absolute Gasteiger partial charge is 0.331 e. The quantitative estimate of drug-likeness (QED) is 0.0670. The first kappa shape index (κ1) is 26.4. The highest BCUT2D eigenvalue weighted by Gasteiger charge is 2.18. The summed E-state index contributed by atoms with van der Waals surface area (Å²) < 4.78 is 0. The van der Waals surface area contributed by atoms with Crippen molar-refractivity contribution in [2.24, 2.45) is 5.16 Å². The van der Waals surface area contributed by atoms with Crippen molar-refractivity contribution in [3.8, 4) is 0 Å². The van der Waals surface area contributed by atoms with E-state index in [0.29, 0.717) is 33.9 Å². The summed E-state index contributed by atoms with van der Waals surface area (Å²) in [5, 5.41) is 6.16. The topological polar surface area (TPSA) is 88.6 Å². The maximum absolute atomic E-state index is 13.5. The number of halogens is 1. The van der Waals surface area contributed by atoms with Crippen molar-refractivity contribution in [1.82, 2.24) is 4.98 Å². The van der Waals surface area contributed by atoms with Crippen molar-refractivity contribution < 1.29 is 19.2 Å². The first-order chi connectivity index (χ1) is 18.9. The number of aromatic amines is 1. The fourth-order valence-electron chi connectivity index (χ4n) is 4.22. The zero-order chi connectivity index (χ0) is 27.4. The van der Waals surface area contributed by atoms with Crippen molar-refractivity contribution >= 4 is 68.4 Å². The second-order valence-electron chi connectivity index (χ2n) is 8.84. The molecule has 0 saturated carbocycles. The molecule has 194 valence electrons. The second-order valence-corrected chi connectivity index (χ2v) is 10.4. The number of oxime groups is 1. The molecular formula is C31H23ClN2O4S. The van der Waals surface area contributed by atoms with E-state index in [0.717, 1.165) is 26.7 Å². The molecule has 0 unspecified atom stereocenters. The Bertz CT molecular complexity index is 1730. The van der Waals surface area contributed by atoms with E-state index in [-0.39, 0.29) is 17.3 Å². The van der Waals surface area contributed by atoms with Gasteiger partial charge in [-0.2, -0.15) is 0 Å². The third kappa shape index (κ3) is 6.11. The highest BCUT2D eigenvalue weighted by atomic mass is 35.5. The molecule has 5 rings (SSSR count). The third-order valence-electron chi connectivity index (χ3n) is 6.13. The summed E-state index contributed by atoms with van der Waals surface area (Å²) in [7, 11) is 0. The van der Waals surface area contributed by atoms with Gasteiger partial charge >= 0.3 is 5.97 Å². The lowest BCUT2D eigenvalue weighted by Gasteiger charge is -2.07. The molecule has 0 aliphatic rings. The Morgan fingerprint density at radius 2 is 1.46 bits per heavy atom. The van der Waals surface area contributed by atoms with Crippen LogP contribution in [0.2, 0.25) is 5.02 Å². The van der Waals surface area contributed by atoms with Gasteiger partial charge in [-0.1, -0.05) is 47.1 Å². The van der Waals surface area contributed by atoms with Gasteiger partial charge in [0.2, 0.25) is 5.78 Å². The van der Waals surface area contributed by atoms with Gasteiger partial charge < -0.3 is 9.82 Å². The molecule has 0 saturated heterocycles. The number of nitrogens with one attached hydrogen (secondary N) is 1. The lowest BCUT2D eigenvalue weighted by Crippen LogP contribution is -2.16. The lowest BCUT2D eigenvalue weighted by molar-refractivity contribution is -0.140. The molecule has 1 aromatic heterocycles. The standard InChI is InChI=1S/C31H23ClN2O4S/c1-19(35)38-34-29(15-16-39-24-11-9-23(32)10-12-24)31(37)22-8-14-28-26(18-22)25-17-21(7-13-27(25)33-28)30(36)20-5-3-2-4-6-20/h2-14,17-18,33H,15-16H2,1H3. The molecule has 6 nitrogen and oxygen atoms in total. The van der Waals surface area contributed by atoms with Crippen molar-refractivity contribution in [3.05, 3.63) is 113 Å². The molecule has 0 bridgehead atoms. The summed E-state index contributed by atoms with van der Waals surface area (Å²) in [6.45, 7) is 1.24. The molecule has 0 aliphatic heterocycles. The number of hydrogen-bond donors (Lipinski definition) is 1. The number of carbonyl (C=O) groups is 3. The molecule has 5 aromatic rings. The average Bonchev–Trinajstić information content (AvgIpc) is 3.32. The number of thioether (sulfide) groups is 1. The minimum atomic E-state index is -0.603. The molecule has 0 radical (unpaired) electrons. The average molecular weight is 555 g/mol. The molecule has 4 aromatic carbocycles. The van der Waals surface area contributed by atoms with E-state index in [1.807, 2.05) is 48.5 Å². The number of H-pyrrole nitrogens is 1. The van der Waals surface area contributed by atoms with Gasteiger partial charge in [0.25, 0.3) is 0 Å². The fourth-order valence-corrected chi connectivity index (χ4v) is 5.20. The summed E-state index contributed by atoms with van der Waals surface area (Å²) >= 11 is 7.50. The Labute approximate surface area is 234 Å². The molecule has 0 amide bonds. The lowest BCUT2D eigenvalue weighted by atomic mass is 9.99. The number of nitrogens with zero attached hydrogens (tertiary/aromatic N) is 1. The van der Waals surface area contributed by atoms with Crippen LogP contribution in [-0.2, 0) is 9.63 Å². The van der Waals surface area contributed by atoms with Crippen molar-refractivity contribution in [2.45, 2.75) is 18.2 Å². The van der Waals surface area contributed by atoms with Crippen molar-refractivity contribution in [2.75, 3.05) is 5.75 Å². The minimum absolute atomic E-state index is 0.0759. The first-order valence-corrected chi connectivity index (χ1v) is 13.6. The van der Waals surface area contributed by atoms with Gasteiger partial charge in [-0.3, -0.25) is 9.59 Å². The third-order valence-corrected chi connectivity index (χ3v) is 7.39. The number of rotatable bonds is 9. The molecule has 0 fully saturated rings. The van der Waals surface area contributed by atoms with Crippen LogP contribution < -0.4 is 0 Å². The second kappa shape index (κ2) is 11.7. The molecule has 8 heteroatoms. The number of carbonyl (C=O) groups excluding carboxylic acids is 3. The summed E-state index contributed by atoms with van der Waals surface area (Å²) in [5.74, 6) is -0.463. The molecular weight excluding hydrogens is 532 g/mol. The summed E-state index contributed by atoms with van der Waals surface area (Å²) in [6.07, 6.45) is 0.293. The van der Waals surface area contributed by atoms with Crippen LogP contribution in [0.3, 0.4) is 0 Å². The van der Waals surface area contributed by atoms with Crippen molar-refractivity contribution in [3.63, 3.8) is 0 Å². The first-order valence-electron chi connectivity index (χ1n) is 12.2. The highest BCUT2D eigenvalue weighted by Crippen LogP contribution is 2.29. The number of ketones is 2. The van der Waals surface area contributed by atoms with Gasteiger partial charge in [-0.15, -0.1) is 11.8 Å². The van der Waals surface area contributed by atoms with Crippen LogP contribution in [0.5, 0.6) is 0 Å². The Morgan fingerprint density at radius 3 is 2.13 bits per heavy atom. The summed E-state index contributed by atoms with van der Waals surface area (Å²) in [5.41, 5.74) is 3.41. The van der Waals surface area contributed by atoms with E-state index in [4.69, 9.17) is 16.4 Å². The van der Waals surface area contributed by atoms with Gasteiger partial charge in [-0.25, -0.2) is 4.79 Å². The normalized spacial score (nSPS) is 11.6. The highest BCUT2D eigenvalue weighted by molar-refractivity contribution is 7.99. The molecule has 39 heavy (non-hydrogen) atoms. The SMILES string of the molecule is CC(=O)ON=C(CCSc1ccc(Cl)cc1)C(=O)c1ccc2[nH]c3ccc(C(=O)c4ccccc4)cc3c2c1. The van der Waals surface area contributed by atoms with E-state index >= 15 is 0 Å². The van der Waals surface area contributed by atoms with Crippen molar-refractivity contribution in [1.29, 1.82) is 0 Å². The Hall–Kier alpha value is -4.20. The Kier molecular flexibility index (Phi) is 7.91. The predicted octanol–water partition coefficient (Wildman–Crippen LogP) is 7.49. The monoisotopic (exact) mass is 554 g/mol. The van der Waals surface area contributed by atoms with Crippen LogP contribution in [0.1, 0.15) is 39.6 Å². The molecule has 0 spiro atoms. The Morgan fingerprint density at radius 1 is 0.821 bits per heavy atom. The zero-order valence-corrected chi connectivity index (χ0v) is 22.5. The van der Waals surface area contributed by atoms with Gasteiger partial charge in [-0.05, 0) is 60.7 Å². The fraction of sp³-hybridized carbons (Fsp3) is 0.0968. The Balaban J connectivity index is 1.43. The van der Waals surface area contributed by atoms with Crippen LogP contribution >= 0.6 is 23.4 Å². The van der Waals surface area contributed by atoms with E-state index in [1.54, 1.807) is 54.2 Å². The van der Waals surface area contributed by atoms with Gasteiger partial charge in [0, 0.05) is 67.5 Å². The van der Waals surface area contributed by atoms with E-state index in [9.17, 15) is 14.4 Å². The van der Waals surface area contributed by atoms with Gasteiger partial charge in [0.1, 0.15) is 5.71 Å². The maximum Gasteiger partial charge on any atom is 0.331 e. The van der Waals surface area contributed by atoms with Crippen LogP contribution in [0.25, 0.3) is 21.8 Å². The van der Waals surface area contributed by atoms with E-state index in [1.165, 1.54) is 6.92 Å². The summed E-state index contributed by atoms with van der Waals surface area (Å²) in [4.78, 5) is 47.1. The van der Waals surface area contributed by atoms with Gasteiger partial charge in [0.05, 0.1) is 0 Å². The van der Waals surface area contributed by atoms with Gasteiger partial charge in [0.15, 0.2) is 5.78 Å². The number of aromatic nitrogens is 1. The van der Waals surface area contributed by atoms with Crippen LogP contribution in [0.4, 0.5) is 0 Å².